The summed E-state index contributed by atoms with van der Waals surface area (Å²) in [5.41, 5.74) is 8.46. The van der Waals surface area contributed by atoms with Gasteiger partial charge in [0.25, 0.3) is 0 Å². The summed E-state index contributed by atoms with van der Waals surface area (Å²) in [6.45, 7) is 3.84. The predicted molar refractivity (Wildman–Crippen MR) is 151 cm³/mol. The summed E-state index contributed by atoms with van der Waals surface area (Å²) in [5.74, 6) is 0.511. The number of hydrogen-bond acceptors (Lipinski definition) is 5. The average molecular weight is 519 g/mol. The highest BCUT2D eigenvalue weighted by Gasteiger charge is 2.17. The van der Waals surface area contributed by atoms with Crippen molar-refractivity contribution in [2.75, 3.05) is 13.1 Å². The molecule has 2 aromatic carbocycles. The third-order valence-corrected chi connectivity index (χ3v) is 7.28. The molecule has 0 amide bonds. The van der Waals surface area contributed by atoms with Gasteiger partial charge in [0.1, 0.15) is 28.9 Å². The Balaban J connectivity index is 1.26. The molecule has 1 saturated heterocycles. The highest BCUT2D eigenvalue weighted by atomic mass is 19.1. The number of benzene rings is 2. The molecule has 0 atom stereocenters. The van der Waals surface area contributed by atoms with Gasteiger partial charge in [-0.15, -0.1) is 0 Å². The van der Waals surface area contributed by atoms with Gasteiger partial charge in [-0.1, -0.05) is 18.2 Å². The first-order chi connectivity index (χ1) is 19.1. The summed E-state index contributed by atoms with van der Waals surface area (Å²) in [4.78, 5) is 12.9. The van der Waals surface area contributed by atoms with Crippen LogP contribution in [0.5, 0.6) is 5.75 Å². The van der Waals surface area contributed by atoms with Crippen LogP contribution in [0.4, 0.5) is 4.39 Å². The summed E-state index contributed by atoms with van der Waals surface area (Å²) in [5, 5.41) is 12.1. The van der Waals surface area contributed by atoms with Crippen LogP contribution in [0.3, 0.4) is 0 Å². The van der Waals surface area contributed by atoms with E-state index >= 15 is 0 Å². The largest absolute Gasteiger partial charge is 0.489 e. The van der Waals surface area contributed by atoms with E-state index in [9.17, 15) is 4.39 Å². The van der Waals surface area contributed by atoms with Gasteiger partial charge in [-0.25, -0.2) is 9.37 Å². The Morgan fingerprint density at radius 1 is 0.923 bits per heavy atom. The van der Waals surface area contributed by atoms with Gasteiger partial charge in [-0.05, 0) is 92.0 Å². The molecule has 1 fully saturated rings. The van der Waals surface area contributed by atoms with Crippen molar-refractivity contribution in [2.24, 2.45) is 0 Å². The summed E-state index contributed by atoms with van der Waals surface area (Å²) in [6.07, 6.45) is 5.73. The molecule has 0 bridgehead atoms. The maximum absolute atomic E-state index is 14.2. The van der Waals surface area contributed by atoms with Crippen LogP contribution in [-0.4, -0.2) is 44.3 Å². The lowest BCUT2D eigenvalue weighted by Gasteiger charge is -2.23. The summed E-state index contributed by atoms with van der Waals surface area (Å²) in [6, 6.07) is 19.1. The number of piperidine rings is 1. The maximum atomic E-state index is 14.2. The third kappa shape index (κ3) is 4.53. The van der Waals surface area contributed by atoms with E-state index in [1.807, 2.05) is 49.4 Å². The fourth-order valence-electron chi connectivity index (χ4n) is 5.40. The van der Waals surface area contributed by atoms with Crippen molar-refractivity contribution in [3.05, 3.63) is 84.4 Å². The van der Waals surface area contributed by atoms with Crippen LogP contribution < -0.4 is 10.1 Å². The molecule has 1 aliphatic rings. The number of rotatable bonds is 5. The lowest BCUT2D eigenvalue weighted by molar-refractivity contribution is 0.162. The number of H-pyrrole nitrogens is 2. The zero-order valence-electron chi connectivity index (χ0n) is 21.5. The van der Waals surface area contributed by atoms with Crippen molar-refractivity contribution in [2.45, 2.75) is 25.9 Å². The van der Waals surface area contributed by atoms with E-state index in [1.165, 1.54) is 6.07 Å². The van der Waals surface area contributed by atoms with Gasteiger partial charge in [-0.3, -0.25) is 10.1 Å². The normalized spacial score (nSPS) is 14.3. The molecule has 194 valence electrons. The molecule has 0 spiro atoms. The second-order valence-corrected chi connectivity index (χ2v) is 10.1. The first-order valence-corrected chi connectivity index (χ1v) is 13.2. The Labute approximate surface area is 224 Å². The predicted octanol–water partition coefficient (Wildman–Crippen LogP) is 6.41. The average Bonchev–Trinajstić information content (AvgIpc) is 3.57. The Morgan fingerprint density at radius 2 is 1.82 bits per heavy atom. The number of nitrogens with zero attached hydrogens (tertiary/aromatic N) is 3. The lowest BCUT2D eigenvalue weighted by atomic mass is 10.00. The first kappa shape index (κ1) is 23.5. The van der Waals surface area contributed by atoms with E-state index in [2.05, 4.69) is 31.5 Å². The van der Waals surface area contributed by atoms with E-state index < -0.39 is 0 Å². The number of aromatic nitrogens is 5. The van der Waals surface area contributed by atoms with Gasteiger partial charge in [-0.2, -0.15) is 5.10 Å². The van der Waals surface area contributed by atoms with Crippen LogP contribution in [0, 0.1) is 12.7 Å². The minimum absolute atomic E-state index is 0.197. The minimum Gasteiger partial charge on any atom is -0.489 e. The Morgan fingerprint density at radius 3 is 2.69 bits per heavy atom. The molecule has 4 aromatic heterocycles. The fourth-order valence-corrected chi connectivity index (χ4v) is 5.40. The van der Waals surface area contributed by atoms with Crippen molar-refractivity contribution in [1.82, 2.24) is 30.5 Å². The molecule has 6 aromatic rings. The van der Waals surface area contributed by atoms with Crippen molar-refractivity contribution < 1.29 is 9.13 Å². The van der Waals surface area contributed by atoms with E-state index in [0.717, 1.165) is 93.0 Å². The van der Waals surface area contributed by atoms with Crippen LogP contribution in [0.1, 0.15) is 18.4 Å². The molecule has 39 heavy (non-hydrogen) atoms. The molecule has 3 N–H and O–H groups in total. The number of ether oxygens (including phenoxy) is 1. The van der Waals surface area contributed by atoms with E-state index in [4.69, 9.17) is 9.72 Å². The highest BCUT2D eigenvalue weighted by molar-refractivity contribution is 6.00. The van der Waals surface area contributed by atoms with Crippen LogP contribution in [0.2, 0.25) is 0 Å². The molecule has 7 rings (SSSR count). The highest BCUT2D eigenvalue weighted by Crippen LogP contribution is 2.35. The van der Waals surface area contributed by atoms with Crippen LogP contribution in [0.25, 0.3) is 55.7 Å². The quantitative estimate of drug-likeness (QED) is 0.245. The second-order valence-electron chi connectivity index (χ2n) is 10.1. The topological polar surface area (TPSA) is 91.5 Å². The van der Waals surface area contributed by atoms with Crippen LogP contribution in [-0.2, 0) is 0 Å². The Bertz CT molecular complexity index is 1800. The molecule has 1 aliphatic heterocycles. The third-order valence-electron chi connectivity index (χ3n) is 7.28. The molecule has 0 unspecified atom stereocenters. The van der Waals surface area contributed by atoms with Gasteiger partial charge in [0, 0.05) is 22.7 Å². The number of pyridine rings is 2. The van der Waals surface area contributed by atoms with Gasteiger partial charge in [0.05, 0.1) is 23.1 Å². The Kier molecular flexibility index (Phi) is 5.82. The second kappa shape index (κ2) is 9.63. The van der Waals surface area contributed by atoms with Crippen molar-refractivity contribution >= 4 is 21.9 Å². The molecule has 5 heterocycles. The van der Waals surface area contributed by atoms with Crippen molar-refractivity contribution in [3.8, 4) is 39.5 Å². The van der Waals surface area contributed by atoms with Crippen molar-refractivity contribution in [1.29, 1.82) is 0 Å². The minimum atomic E-state index is -0.243. The van der Waals surface area contributed by atoms with E-state index in [-0.39, 0.29) is 11.9 Å². The van der Waals surface area contributed by atoms with Crippen LogP contribution in [0.15, 0.2) is 73.1 Å². The standard InChI is InChI=1S/C31H27FN6O/c1-18-11-19(13-21(32)12-18)24-3-2-4-27-25(24)15-29(35-27)31-30-28(37-38-31)6-5-26(36-30)20-14-23(17-34-16-20)39-22-7-9-33-10-8-22/h2-6,11-17,22,33,35H,7-10H2,1H3,(H,37,38). The Hall–Kier alpha value is -4.56. The number of aromatic amines is 2. The summed E-state index contributed by atoms with van der Waals surface area (Å²) in [7, 11) is 0. The number of nitrogens with one attached hydrogen (secondary N) is 3. The summed E-state index contributed by atoms with van der Waals surface area (Å²) >= 11 is 0. The van der Waals surface area contributed by atoms with Crippen molar-refractivity contribution in [3.63, 3.8) is 0 Å². The lowest BCUT2D eigenvalue weighted by Crippen LogP contribution is -2.34. The number of fused-ring (bicyclic) bond motifs is 2. The monoisotopic (exact) mass is 518 g/mol. The molecular formula is C31H27FN6O. The van der Waals surface area contributed by atoms with Gasteiger partial charge >= 0.3 is 0 Å². The maximum Gasteiger partial charge on any atom is 0.138 e. The summed E-state index contributed by atoms with van der Waals surface area (Å²) < 4.78 is 20.4. The zero-order valence-corrected chi connectivity index (χ0v) is 21.5. The van der Waals surface area contributed by atoms with Gasteiger partial charge in [0.15, 0.2) is 0 Å². The van der Waals surface area contributed by atoms with Crippen LogP contribution >= 0.6 is 0 Å². The number of halogens is 1. The van der Waals surface area contributed by atoms with Gasteiger partial charge < -0.3 is 15.0 Å². The van der Waals surface area contributed by atoms with E-state index in [0.29, 0.717) is 0 Å². The molecular weight excluding hydrogens is 491 g/mol. The molecule has 0 aliphatic carbocycles. The number of aryl methyl sites for hydroxylation is 1. The molecule has 0 radical (unpaired) electrons. The van der Waals surface area contributed by atoms with E-state index in [1.54, 1.807) is 18.5 Å². The first-order valence-electron chi connectivity index (χ1n) is 13.2. The molecule has 8 heteroatoms. The SMILES string of the molecule is Cc1cc(F)cc(-c2cccc3[nH]c(-c4n[nH]c5ccc(-c6cncc(OC7CCNCC7)c6)nc45)cc23)c1. The van der Waals surface area contributed by atoms with Gasteiger partial charge in [0.2, 0.25) is 0 Å². The number of hydrogen-bond donors (Lipinski definition) is 3. The fraction of sp³-hybridized carbons (Fsp3) is 0.194. The zero-order chi connectivity index (χ0) is 26.3. The molecule has 7 nitrogen and oxygen atoms in total. The smallest absolute Gasteiger partial charge is 0.138 e. The molecule has 0 saturated carbocycles.